The van der Waals surface area contributed by atoms with Crippen LogP contribution in [0.1, 0.15) is 31.7 Å². The maximum Gasteiger partial charge on any atom is 0.220 e. The molecular formula is C14H21NO3. The summed E-state index contributed by atoms with van der Waals surface area (Å²) >= 11 is 0. The van der Waals surface area contributed by atoms with Crippen LogP contribution in [-0.4, -0.2) is 28.8 Å². The Balaban J connectivity index is 2.26. The lowest BCUT2D eigenvalue weighted by molar-refractivity contribution is -0.122. The van der Waals surface area contributed by atoms with Crippen LogP contribution < -0.4 is 5.32 Å². The van der Waals surface area contributed by atoms with Gasteiger partial charge >= 0.3 is 0 Å². The van der Waals surface area contributed by atoms with Crippen molar-refractivity contribution in [2.45, 2.75) is 38.6 Å². The smallest absolute Gasteiger partial charge is 0.220 e. The topological polar surface area (TPSA) is 69.6 Å². The molecule has 3 N–H and O–H groups in total. The van der Waals surface area contributed by atoms with Crippen molar-refractivity contribution in [3.05, 3.63) is 29.8 Å². The Morgan fingerprint density at radius 3 is 2.61 bits per heavy atom. The number of aliphatic hydroxyl groups excluding tert-OH is 1. The molecule has 0 aromatic heterocycles. The highest BCUT2D eigenvalue weighted by molar-refractivity contribution is 5.76. The monoisotopic (exact) mass is 251 g/mol. The van der Waals surface area contributed by atoms with Crippen molar-refractivity contribution in [2.24, 2.45) is 0 Å². The molecule has 0 aliphatic rings. The van der Waals surface area contributed by atoms with Crippen molar-refractivity contribution in [2.75, 3.05) is 6.61 Å². The van der Waals surface area contributed by atoms with Gasteiger partial charge in [0.2, 0.25) is 5.91 Å². The number of nitrogens with one attached hydrogen (secondary N) is 1. The summed E-state index contributed by atoms with van der Waals surface area (Å²) in [6.07, 6.45) is 2.61. The number of phenolic OH excluding ortho intramolecular Hbond substituents is 1. The summed E-state index contributed by atoms with van der Waals surface area (Å²) in [6.45, 7) is 2.02. The maximum atomic E-state index is 11.4. The summed E-state index contributed by atoms with van der Waals surface area (Å²) < 4.78 is 0. The molecule has 1 atom stereocenters. The summed E-state index contributed by atoms with van der Waals surface area (Å²) in [5, 5.41) is 20.7. The molecule has 1 amide bonds. The lowest BCUT2D eigenvalue weighted by Gasteiger charge is -2.13. The zero-order valence-corrected chi connectivity index (χ0v) is 10.7. The number of carbonyl (C=O) groups is 1. The van der Waals surface area contributed by atoms with Crippen LogP contribution in [0.25, 0.3) is 0 Å². The molecule has 0 spiro atoms. The van der Waals surface area contributed by atoms with Gasteiger partial charge in [-0.25, -0.2) is 0 Å². The summed E-state index contributed by atoms with van der Waals surface area (Å²) in [5.74, 6) is 0.256. The van der Waals surface area contributed by atoms with Gasteiger partial charge in [-0.05, 0) is 43.9 Å². The van der Waals surface area contributed by atoms with E-state index < -0.39 is 0 Å². The Morgan fingerprint density at radius 1 is 1.33 bits per heavy atom. The van der Waals surface area contributed by atoms with Gasteiger partial charge in [0, 0.05) is 19.1 Å². The average Bonchev–Trinajstić information content (AvgIpc) is 2.35. The van der Waals surface area contributed by atoms with Crippen molar-refractivity contribution >= 4 is 5.91 Å². The zero-order chi connectivity index (χ0) is 13.4. The van der Waals surface area contributed by atoms with Crippen LogP contribution >= 0.6 is 0 Å². The third-order valence-electron chi connectivity index (χ3n) is 2.77. The number of phenols is 1. The van der Waals surface area contributed by atoms with E-state index in [0.717, 1.165) is 18.4 Å². The summed E-state index contributed by atoms with van der Waals surface area (Å²) in [5.41, 5.74) is 1.14. The molecule has 1 aromatic carbocycles. The molecule has 0 heterocycles. The molecular weight excluding hydrogens is 230 g/mol. The minimum absolute atomic E-state index is 0.0118. The fourth-order valence-corrected chi connectivity index (χ4v) is 1.70. The second-order valence-corrected chi connectivity index (χ2v) is 4.50. The highest BCUT2D eigenvalue weighted by atomic mass is 16.3. The van der Waals surface area contributed by atoms with E-state index in [2.05, 4.69) is 5.32 Å². The van der Waals surface area contributed by atoms with E-state index in [4.69, 9.17) is 10.2 Å². The molecule has 1 rings (SSSR count). The van der Waals surface area contributed by atoms with Crippen LogP contribution in [-0.2, 0) is 11.2 Å². The summed E-state index contributed by atoms with van der Waals surface area (Å²) in [4.78, 5) is 11.4. The van der Waals surface area contributed by atoms with E-state index >= 15 is 0 Å². The van der Waals surface area contributed by atoms with E-state index in [1.807, 2.05) is 19.1 Å². The van der Waals surface area contributed by atoms with Crippen LogP contribution in [0.4, 0.5) is 0 Å². The van der Waals surface area contributed by atoms with Gasteiger partial charge in [0.25, 0.3) is 0 Å². The molecule has 0 saturated carbocycles. The van der Waals surface area contributed by atoms with Gasteiger partial charge in [-0.3, -0.25) is 4.79 Å². The molecule has 0 aliphatic heterocycles. The molecule has 0 radical (unpaired) electrons. The predicted molar refractivity (Wildman–Crippen MR) is 70.4 cm³/mol. The molecule has 0 saturated heterocycles. The summed E-state index contributed by atoms with van der Waals surface area (Å²) in [6, 6.07) is 7.22. The first-order valence-corrected chi connectivity index (χ1v) is 6.30. The van der Waals surface area contributed by atoms with Crippen LogP contribution in [0.3, 0.4) is 0 Å². The first-order valence-electron chi connectivity index (χ1n) is 6.30. The number of aromatic hydroxyl groups is 1. The second-order valence-electron chi connectivity index (χ2n) is 4.50. The predicted octanol–water partition coefficient (Wildman–Crippen LogP) is 1.60. The molecule has 1 aromatic rings. The molecule has 0 fully saturated rings. The lowest BCUT2D eigenvalue weighted by atomic mass is 10.1. The normalized spacial score (nSPS) is 12.1. The van der Waals surface area contributed by atoms with E-state index in [0.29, 0.717) is 12.8 Å². The lowest BCUT2D eigenvalue weighted by Crippen LogP contribution is -2.32. The van der Waals surface area contributed by atoms with Crippen LogP contribution in [0, 0.1) is 0 Å². The number of hydrogen-bond donors (Lipinski definition) is 3. The molecule has 4 nitrogen and oxygen atoms in total. The first kappa shape index (κ1) is 14.5. The standard InChI is InChI=1S/C14H21NO3/c1-11(15-14(18)3-2-10-16)4-5-12-6-8-13(17)9-7-12/h6-9,11,16-17H,2-5,10H2,1H3,(H,15,18). The van der Waals surface area contributed by atoms with Gasteiger partial charge < -0.3 is 15.5 Å². The molecule has 1 unspecified atom stereocenters. The van der Waals surface area contributed by atoms with Crippen molar-refractivity contribution in [1.29, 1.82) is 0 Å². The number of rotatable bonds is 7. The third kappa shape index (κ3) is 5.68. The number of carbonyl (C=O) groups excluding carboxylic acids is 1. The number of hydrogen-bond acceptors (Lipinski definition) is 3. The first-order chi connectivity index (χ1) is 8.61. The SMILES string of the molecule is CC(CCc1ccc(O)cc1)NC(=O)CCCO. The third-order valence-corrected chi connectivity index (χ3v) is 2.77. The van der Waals surface area contributed by atoms with E-state index in [1.54, 1.807) is 12.1 Å². The second kappa shape index (κ2) is 7.71. The zero-order valence-electron chi connectivity index (χ0n) is 10.7. The minimum atomic E-state index is -0.0118. The highest BCUT2D eigenvalue weighted by Crippen LogP contribution is 2.11. The Hall–Kier alpha value is -1.55. The van der Waals surface area contributed by atoms with Crippen LogP contribution in [0.2, 0.25) is 0 Å². The van der Waals surface area contributed by atoms with Crippen LogP contribution in [0.5, 0.6) is 5.75 Å². The molecule has 18 heavy (non-hydrogen) atoms. The average molecular weight is 251 g/mol. The Bertz CT molecular complexity index is 362. The number of amides is 1. The number of aryl methyl sites for hydroxylation is 1. The Kier molecular flexibility index (Phi) is 6.22. The van der Waals surface area contributed by atoms with Gasteiger partial charge in [0.05, 0.1) is 0 Å². The van der Waals surface area contributed by atoms with Crippen LogP contribution in [0.15, 0.2) is 24.3 Å². The van der Waals surface area contributed by atoms with Crippen molar-refractivity contribution in [3.63, 3.8) is 0 Å². The molecule has 0 bridgehead atoms. The van der Waals surface area contributed by atoms with Gasteiger partial charge in [-0.15, -0.1) is 0 Å². The van der Waals surface area contributed by atoms with Crippen molar-refractivity contribution in [3.8, 4) is 5.75 Å². The van der Waals surface area contributed by atoms with Crippen molar-refractivity contribution < 1.29 is 15.0 Å². The quantitative estimate of drug-likeness (QED) is 0.689. The van der Waals surface area contributed by atoms with Crippen molar-refractivity contribution in [1.82, 2.24) is 5.32 Å². The van der Waals surface area contributed by atoms with Gasteiger partial charge in [-0.1, -0.05) is 12.1 Å². The molecule has 0 aliphatic carbocycles. The molecule has 100 valence electrons. The molecule has 4 heteroatoms. The fraction of sp³-hybridized carbons (Fsp3) is 0.500. The number of aliphatic hydroxyl groups is 1. The fourth-order valence-electron chi connectivity index (χ4n) is 1.70. The van der Waals surface area contributed by atoms with E-state index in [1.165, 1.54) is 0 Å². The van der Waals surface area contributed by atoms with Gasteiger partial charge in [-0.2, -0.15) is 0 Å². The Morgan fingerprint density at radius 2 is 2.00 bits per heavy atom. The maximum absolute atomic E-state index is 11.4. The summed E-state index contributed by atoms with van der Waals surface area (Å²) in [7, 11) is 0. The van der Waals surface area contributed by atoms with Gasteiger partial charge in [0.15, 0.2) is 0 Å². The minimum Gasteiger partial charge on any atom is -0.508 e. The van der Waals surface area contributed by atoms with E-state index in [9.17, 15) is 4.79 Å². The largest absolute Gasteiger partial charge is 0.508 e. The Labute approximate surface area is 108 Å². The number of benzene rings is 1. The van der Waals surface area contributed by atoms with E-state index in [-0.39, 0.29) is 24.3 Å². The van der Waals surface area contributed by atoms with Gasteiger partial charge in [0.1, 0.15) is 5.75 Å². The highest BCUT2D eigenvalue weighted by Gasteiger charge is 2.07.